The van der Waals surface area contributed by atoms with Crippen molar-refractivity contribution >= 4 is 11.4 Å². The Bertz CT molecular complexity index is 410. The van der Waals surface area contributed by atoms with E-state index in [-0.39, 0.29) is 12.6 Å². The van der Waals surface area contributed by atoms with Crippen LogP contribution in [0.25, 0.3) is 0 Å². The molecule has 1 atom stereocenters. The number of aliphatic hydroxyl groups is 1. The molecule has 0 spiro atoms. The molecule has 112 valence electrons. The zero-order valence-electron chi connectivity index (χ0n) is 12.7. The first-order chi connectivity index (χ1) is 9.76. The molecule has 0 bridgehead atoms. The van der Waals surface area contributed by atoms with Gasteiger partial charge in [0.15, 0.2) is 0 Å². The second-order valence-electron chi connectivity index (χ2n) is 5.52. The molecule has 4 nitrogen and oxygen atoms in total. The highest BCUT2D eigenvalue weighted by Gasteiger charge is 2.20. The molecule has 0 saturated heterocycles. The van der Waals surface area contributed by atoms with E-state index in [0.29, 0.717) is 0 Å². The minimum Gasteiger partial charge on any atom is -0.395 e. The van der Waals surface area contributed by atoms with Gasteiger partial charge in [-0.3, -0.25) is 0 Å². The van der Waals surface area contributed by atoms with Crippen LogP contribution in [0.1, 0.15) is 19.8 Å². The summed E-state index contributed by atoms with van der Waals surface area (Å²) in [4.78, 5) is 4.75. The highest BCUT2D eigenvalue weighted by atomic mass is 16.3. The first-order valence-electron chi connectivity index (χ1n) is 7.65. The molecule has 0 aromatic heterocycles. The molecule has 2 N–H and O–H groups in total. The summed E-state index contributed by atoms with van der Waals surface area (Å²) in [5.74, 6) is 0. The van der Waals surface area contributed by atoms with Gasteiger partial charge < -0.3 is 20.2 Å². The molecule has 4 heteroatoms. The second kappa shape index (κ2) is 7.50. The Morgan fingerprint density at radius 2 is 2.00 bits per heavy atom. The van der Waals surface area contributed by atoms with E-state index in [9.17, 15) is 5.11 Å². The number of benzene rings is 1. The van der Waals surface area contributed by atoms with Gasteiger partial charge in [0.05, 0.1) is 18.0 Å². The number of hydrogen-bond donors (Lipinski definition) is 2. The predicted molar refractivity (Wildman–Crippen MR) is 85.7 cm³/mol. The molecule has 1 aliphatic rings. The quantitative estimate of drug-likeness (QED) is 0.795. The van der Waals surface area contributed by atoms with Crippen LogP contribution in [-0.4, -0.2) is 51.0 Å². The monoisotopic (exact) mass is 277 g/mol. The van der Waals surface area contributed by atoms with Gasteiger partial charge >= 0.3 is 0 Å². The summed E-state index contributed by atoms with van der Waals surface area (Å²) in [6.45, 7) is 6.45. The highest BCUT2D eigenvalue weighted by molar-refractivity contribution is 5.73. The Balaban J connectivity index is 1.95. The van der Waals surface area contributed by atoms with Crippen molar-refractivity contribution in [1.82, 2.24) is 5.32 Å². The molecule has 0 aliphatic carbocycles. The molecule has 1 unspecified atom stereocenters. The van der Waals surface area contributed by atoms with Crippen LogP contribution in [0.2, 0.25) is 0 Å². The molecule has 0 saturated carbocycles. The van der Waals surface area contributed by atoms with Crippen LogP contribution in [0, 0.1) is 0 Å². The lowest BCUT2D eigenvalue weighted by molar-refractivity contribution is 0.237. The average molecular weight is 277 g/mol. The lowest BCUT2D eigenvalue weighted by Crippen LogP contribution is -2.42. The van der Waals surface area contributed by atoms with Crippen molar-refractivity contribution in [2.24, 2.45) is 0 Å². The minimum absolute atomic E-state index is 0.210. The van der Waals surface area contributed by atoms with E-state index in [1.54, 1.807) is 0 Å². The van der Waals surface area contributed by atoms with E-state index in [1.165, 1.54) is 11.4 Å². The third kappa shape index (κ3) is 3.64. The van der Waals surface area contributed by atoms with Gasteiger partial charge in [0.25, 0.3) is 0 Å². The molecular weight excluding hydrogens is 250 g/mol. The number of rotatable bonds is 7. The Morgan fingerprint density at radius 3 is 2.70 bits per heavy atom. The highest BCUT2D eigenvalue weighted by Crippen LogP contribution is 2.31. The number of nitrogens with zero attached hydrogens (tertiary/aromatic N) is 2. The molecule has 1 heterocycles. The number of para-hydroxylation sites is 2. The average Bonchev–Trinajstić information content (AvgIpc) is 2.49. The molecule has 1 aromatic carbocycles. The van der Waals surface area contributed by atoms with Gasteiger partial charge in [-0.05, 0) is 31.5 Å². The standard InChI is InChI=1S/C16H27N3O/c1-3-9-17-14(13-20)8-10-19-12-11-18(2)15-6-4-5-7-16(15)19/h4-7,14,17,20H,3,8-13H2,1-2H3. The maximum Gasteiger partial charge on any atom is 0.0604 e. The zero-order chi connectivity index (χ0) is 14.4. The number of fused-ring (bicyclic) bond motifs is 1. The van der Waals surface area contributed by atoms with Gasteiger partial charge in [-0.25, -0.2) is 0 Å². The van der Waals surface area contributed by atoms with Crippen molar-refractivity contribution in [3.05, 3.63) is 24.3 Å². The topological polar surface area (TPSA) is 38.7 Å². The molecule has 2 rings (SSSR count). The van der Waals surface area contributed by atoms with Crippen molar-refractivity contribution in [3.63, 3.8) is 0 Å². The molecule has 1 aliphatic heterocycles. The van der Waals surface area contributed by atoms with E-state index in [0.717, 1.165) is 39.0 Å². The Labute approximate surface area is 122 Å². The molecule has 1 aromatic rings. The second-order valence-corrected chi connectivity index (χ2v) is 5.52. The van der Waals surface area contributed by atoms with E-state index in [2.05, 4.69) is 53.4 Å². The molecule has 0 amide bonds. The lowest BCUT2D eigenvalue weighted by Gasteiger charge is -2.37. The van der Waals surface area contributed by atoms with Gasteiger partial charge in [-0.1, -0.05) is 19.1 Å². The maximum absolute atomic E-state index is 9.43. The van der Waals surface area contributed by atoms with Crippen molar-refractivity contribution in [2.45, 2.75) is 25.8 Å². The lowest BCUT2D eigenvalue weighted by atomic mass is 10.1. The number of hydrogen-bond acceptors (Lipinski definition) is 4. The summed E-state index contributed by atoms with van der Waals surface area (Å²) in [7, 11) is 2.15. The number of nitrogens with one attached hydrogen (secondary N) is 1. The van der Waals surface area contributed by atoms with Crippen LogP contribution < -0.4 is 15.1 Å². The summed E-state index contributed by atoms with van der Waals surface area (Å²) in [5.41, 5.74) is 2.62. The number of likely N-dealkylation sites (N-methyl/N-ethyl adjacent to an activating group) is 1. The van der Waals surface area contributed by atoms with Crippen LogP contribution >= 0.6 is 0 Å². The van der Waals surface area contributed by atoms with Crippen LogP contribution in [0.3, 0.4) is 0 Å². The van der Waals surface area contributed by atoms with Crippen molar-refractivity contribution in [3.8, 4) is 0 Å². The largest absolute Gasteiger partial charge is 0.395 e. The minimum atomic E-state index is 0.210. The molecule has 0 fully saturated rings. The summed E-state index contributed by atoms with van der Waals surface area (Å²) in [6, 6.07) is 8.78. The third-order valence-corrected chi connectivity index (χ3v) is 3.99. The van der Waals surface area contributed by atoms with E-state index < -0.39 is 0 Å². The van der Waals surface area contributed by atoms with Crippen LogP contribution in [0.15, 0.2) is 24.3 Å². The van der Waals surface area contributed by atoms with Crippen LogP contribution in [0.4, 0.5) is 11.4 Å². The SMILES string of the molecule is CCCNC(CO)CCN1CCN(C)c2ccccc21. The fourth-order valence-electron chi connectivity index (χ4n) is 2.72. The number of aliphatic hydroxyl groups excluding tert-OH is 1. The van der Waals surface area contributed by atoms with Crippen molar-refractivity contribution in [1.29, 1.82) is 0 Å². The van der Waals surface area contributed by atoms with Gasteiger partial charge in [-0.15, -0.1) is 0 Å². The van der Waals surface area contributed by atoms with Gasteiger partial charge in [0, 0.05) is 32.7 Å². The normalized spacial score (nSPS) is 16.1. The first-order valence-corrected chi connectivity index (χ1v) is 7.65. The van der Waals surface area contributed by atoms with Gasteiger partial charge in [0.1, 0.15) is 0 Å². The Hall–Kier alpha value is -1.26. The Morgan fingerprint density at radius 1 is 1.25 bits per heavy atom. The fourth-order valence-corrected chi connectivity index (χ4v) is 2.72. The zero-order valence-corrected chi connectivity index (χ0v) is 12.7. The third-order valence-electron chi connectivity index (χ3n) is 3.99. The summed E-state index contributed by atoms with van der Waals surface area (Å²) < 4.78 is 0. The Kier molecular flexibility index (Phi) is 5.68. The van der Waals surface area contributed by atoms with Crippen molar-refractivity contribution < 1.29 is 5.11 Å². The summed E-state index contributed by atoms with van der Waals surface area (Å²) in [6.07, 6.45) is 2.09. The smallest absolute Gasteiger partial charge is 0.0604 e. The van der Waals surface area contributed by atoms with Crippen molar-refractivity contribution in [2.75, 3.05) is 49.6 Å². The van der Waals surface area contributed by atoms with E-state index in [4.69, 9.17) is 0 Å². The van der Waals surface area contributed by atoms with Crippen LogP contribution in [0.5, 0.6) is 0 Å². The maximum atomic E-state index is 9.43. The fraction of sp³-hybridized carbons (Fsp3) is 0.625. The van der Waals surface area contributed by atoms with E-state index in [1.807, 2.05) is 0 Å². The summed E-state index contributed by atoms with van der Waals surface area (Å²) in [5, 5.41) is 12.8. The summed E-state index contributed by atoms with van der Waals surface area (Å²) >= 11 is 0. The predicted octanol–water partition coefficient (Wildman–Crippen LogP) is 1.69. The van der Waals surface area contributed by atoms with Gasteiger partial charge in [-0.2, -0.15) is 0 Å². The van der Waals surface area contributed by atoms with E-state index >= 15 is 0 Å². The number of anilines is 2. The first kappa shape index (κ1) is 15.1. The van der Waals surface area contributed by atoms with Crippen LogP contribution in [-0.2, 0) is 0 Å². The molecule has 20 heavy (non-hydrogen) atoms. The molecule has 0 radical (unpaired) electrons. The molecular formula is C16H27N3O. The van der Waals surface area contributed by atoms with Gasteiger partial charge in [0.2, 0.25) is 0 Å².